The third kappa shape index (κ3) is 3.66. The highest BCUT2D eigenvalue weighted by atomic mass is 35.5. The Bertz CT molecular complexity index is 514. The highest BCUT2D eigenvalue weighted by Gasteiger charge is 2.26. The predicted octanol–water partition coefficient (Wildman–Crippen LogP) is 2.95. The molecule has 0 aliphatic carbocycles. The quantitative estimate of drug-likeness (QED) is 0.921. The third-order valence-corrected chi connectivity index (χ3v) is 4.66. The fourth-order valence-electron chi connectivity index (χ4n) is 1.17. The maximum absolute atomic E-state index is 13.0. The SMILES string of the molecule is CCC(C)(C)NS(=O)(=O)c1cc(F)ccc1Cl. The molecule has 0 aliphatic rings. The van der Waals surface area contributed by atoms with Crippen molar-refractivity contribution in [1.82, 2.24) is 4.72 Å². The van der Waals surface area contributed by atoms with Crippen LogP contribution in [0.3, 0.4) is 0 Å². The molecule has 0 saturated carbocycles. The summed E-state index contributed by atoms with van der Waals surface area (Å²) in [5, 5.41) is 0.00537. The average molecular weight is 280 g/mol. The van der Waals surface area contributed by atoms with Gasteiger partial charge in [0.2, 0.25) is 10.0 Å². The molecule has 17 heavy (non-hydrogen) atoms. The van der Waals surface area contributed by atoms with Gasteiger partial charge in [0.05, 0.1) is 5.02 Å². The van der Waals surface area contributed by atoms with Crippen LogP contribution in [-0.4, -0.2) is 14.0 Å². The lowest BCUT2D eigenvalue weighted by molar-refractivity contribution is 0.439. The number of sulfonamides is 1. The van der Waals surface area contributed by atoms with E-state index in [4.69, 9.17) is 11.6 Å². The van der Waals surface area contributed by atoms with Gasteiger partial charge in [0.15, 0.2) is 0 Å². The second-order valence-electron chi connectivity index (χ2n) is 4.42. The van der Waals surface area contributed by atoms with Crippen LogP contribution in [0.25, 0.3) is 0 Å². The summed E-state index contributed by atoms with van der Waals surface area (Å²) in [6.45, 7) is 5.35. The lowest BCUT2D eigenvalue weighted by atomic mass is 10.0. The van der Waals surface area contributed by atoms with Gasteiger partial charge in [-0.25, -0.2) is 17.5 Å². The molecule has 0 heterocycles. The van der Waals surface area contributed by atoms with E-state index in [-0.39, 0.29) is 9.92 Å². The van der Waals surface area contributed by atoms with Gasteiger partial charge in [-0.1, -0.05) is 18.5 Å². The first-order chi connectivity index (χ1) is 7.68. The summed E-state index contributed by atoms with van der Waals surface area (Å²) in [6.07, 6.45) is 0.610. The maximum atomic E-state index is 13.0. The van der Waals surface area contributed by atoms with Gasteiger partial charge in [0, 0.05) is 5.54 Å². The van der Waals surface area contributed by atoms with Gasteiger partial charge >= 0.3 is 0 Å². The zero-order valence-corrected chi connectivity index (χ0v) is 11.5. The van der Waals surface area contributed by atoms with E-state index in [1.54, 1.807) is 13.8 Å². The highest BCUT2D eigenvalue weighted by molar-refractivity contribution is 7.89. The summed E-state index contributed by atoms with van der Waals surface area (Å²) in [4.78, 5) is -0.235. The topological polar surface area (TPSA) is 46.2 Å². The molecule has 0 atom stereocenters. The highest BCUT2D eigenvalue weighted by Crippen LogP contribution is 2.23. The van der Waals surface area contributed by atoms with Crippen LogP contribution in [0.15, 0.2) is 23.1 Å². The second-order valence-corrected chi connectivity index (χ2v) is 6.48. The van der Waals surface area contributed by atoms with E-state index in [9.17, 15) is 12.8 Å². The summed E-state index contributed by atoms with van der Waals surface area (Å²) < 4.78 is 39.6. The Labute approximate surface area is 106 Å². The van der Waals surface area contributed by atoms with E-state index >= 15 is 0 Å². The number of hydrogen-bond donors (Lipinski definition) is 1. The number of benzene rings is 1. The molecule has 0 radical (unpaired) electrons. The van der Waals surface area contributed by atoms with E-state index in [1.165, 1.54) is 6.07 Å². The Hall–Kier alpha value is -0.650. The zero-order valence-electron chi connectivity index (χ0n) is 9.92. The van der Waals surface area contributed by atoms with Gasteiger partial charge in [0.1, 0.15) is 10.7 Å². The summed E-state index contributed by atoms with van der Waals surface area (Å²) in [7, 11) is -3.81. The first kappa shape index (κ1) is 14.4. The van der Waals surface area contributed by atoms with Crippen LogP contribution in [0.1, 0.15) is 27.2 Å². The molecule has 1 aromatic rings. The van der Waals surface area contributed by atoms with Crippen molar-refractivity contribution >= 4 is 21.6 Å². The second kappa shape index (κ2) is 4.92. The normalized spacial score (nSPS) is 12.8. The molecule has 3 nitrogen and oxygen atoms in total. The van der Waals surface area contributed by atoms with E-state index < -0.39 is 21.4 Å². The van der Waals surface area contributed by atoms with Crippen molar-refractivity contribution in [3.05, 3.63) is 29.0 Å². The first-order valence-corrected chi connectivity index (χ1v) is 7.03. The van der Waals surface area contributed by atoms with Crippen LogP contribution < -0.4 is 4.72 Å². The Morgan fingerprint density at radius 1 is 1.41 bits per heavy atom. The zero-order chi connectivity index (χ0) is 13.3. The maximum Gasteiger partial charge on any atom is 0.242 e. The number of halogens is 2. The fraction of sp³-hybridized carbons (Fsp3) is 0.455. The molecule has 0 aliphatic heterocycles. The smallest absolute Gasteiger partial charge is 0.207 e. The molecule has 6 heteroatoms. The van der Waals surface area contributed by atoms with Gasteiger partial charge in [0.25, 0.3) is 0 Å². The summed E-state index contributed by atoms with van der Waals surface area (Å²) in [6, 6.07) is 3.26. The van der Waals surface area contributed by atoms with Crippen molar-refractivity contribution in [2.45, 2.75) is 37.6 Å². The molecule has 1 aromatic carbocycles. The Morgan fingerprint density at radius 3 is 2.53 bits per heavy atom. The minimum atomic E-state index is -3.81. The number of rotatable bonds is 4. The monoisotopic (exact) mass is 279 g/mol. The predicted molar refractivity (Wildman–Crippen MR) is 66.1 cm³/mol. The molecule has 0 amide bonds. The first-order valence-electron chi connectivity index (χ1n) is 5.17. The molecule has 0 spiro atoms. The Kier molecular flexibility index (Phi) is 4.17. The molecule has 0 unspecified atom stereocenters. The Balaban J connectivity index is 3.18. The van der Waals surface area contributed by atoms with Crippen LogP contribution in [0.2, 0.25) is 5.02 Å². The molecular formula is C11H15ClFNO2S. The summed E-state index contributed by atoms with van der Waals surface area (Å²) in [5.41, 5.74) is -0.603. The molecule has 96 valence electrons. The third-order valence-electron chi connectivity index (χ3n) is 2.48. The standard InChI is InChI=1S/C11H15ClFNO2S/c1-4-11(2,3)14-17(15,16)10-7-8(13)5-6-9(10)12/h5-7,14H,4H2,1-3H3. The van der Waals surface area contributed by atoms with Gasteiger partial charge in [-0.05, 0) is 38.5 Å². The van der Waals surface area contributed by atoms with E-state index in [2.05, 4.69) is 4.72 Å². The van der Waals surface area contributed by atoms with Crippen molar-refractivity contribution in [3.63, 3.8) is 0 Å². The average Bonchev–Trinajstić information content (AvgIpc) is 2.20. The van der Waals surface area contributed by atoms with E-state index in [1.807, 2.05) is 6.92 Å². The van der Waals surface area contributed by atoms with Crippen molar-refractivity contribution in [2.75, 3.05) is 0 Å². The van der Waals surface area contributed by atoms with Gasteiger partial charge < -0.3 is 0 Å². The molecule has 1 N–H and O–H groups in total. The van der Waals surface area contributed by atoms with Crippen LogP contribution in [0.5, 0.6) is 0 Å². The van der Waals surface area contributed by atoms with Crippen molar-refractivity contribution in [2.24, 2.45) is 0 Å². The lowest BCUT2D eigenvalue weighted by Gasteiger charge is -2.24. The molecule has 0 fully saturated rings. The largest absolute Gasteiger partial charge is 0.242 e. The van der Waals surface area contributed by atoms with Crippen LogP contribution in [-0.2, 0) is 10.0 Å². The number of nitrogens with one attached hydrogen (secondary N) is 1. The molecule has 1 rings (SSSR count). The Morgan fingerprint density at radius 2 is 2.00 bits per heavy atom. The summed E-state index contributed by atoms with van der Waals surface area (Å²) in [5.74, 6) is -0.635. The minimum Gasteiger partial charge on any atom is -0.207 e. The molecule has 0 saturated heterocycles. The van der Waals surface area contributed by atoms with Crippen LogP contribution in [0.4, 0.5) is 4.39 Å². The van der Waals surface area contributed by atoms with Crippen molar-refractivity contribution < 1.29 is 12.8 Å². The van der Waals surface area contributed by atoms with Gasteiger partial charge in [-0.15, -0.1) is 0 Å². The molecule has 0 aromatic heterocycles. The van der Waals surface area contributed by atoms with Gasteiger partial charge in [-0.2, -0.15) is 0 Å². The molecule has 0 bridgehead atoms. The van der Waals surface area contributed by atoms with Crippen molar-refractivity contribution in [3.8, 4) is 0 Å². The van der Waals surface area contributed by atoms with E-state index in [0.717, 1.165) is 12.1 Å². The van der Waals surface area contributed by atoms with Gasteiger partial charge in [-0.3, -0.25) is 0 Å². The number of hydrogen-bond acceptors (Lipinski definition) is 2. The lowest BCUT2D eigenvalue weighted by Crippen LogP contribution is -2.42. The van der Waals surface area contributed by atoms with Crippen molar-refractivity contribution in [1.29, 1.82) is 0 Å². The summed E-state index contributed by atoms with van der Waals surface area (Å²) >= 11 is 5.77. The minimum absolute atomic E-state index is 0.00537. The molecular weight excluding hydrogens is 265 g/mol. The van der Waals surface area contributed by atoms with E-state index in [0.29, 0.717) is 6.42 Å². The van der Waals surface area contributed by atoms with Crippen LogP contribution in [0, 0.1) is 5.82 Å². The fourth-order valence-corrected chi connectivity index (χ4v) is 3.17. The van der Waals surface area contributed by atoms with Crippen LogP contribution >= 0.6 is 11.6 Å².